The minimum absolute atomic E-state index is 0.126. The second kappa shape index (κ2) is 4.93. The molecule has 12 heavy (non-hydrogen) atoms. The standard InChI is InChI=1S/C9H17NO2/c1-6(2)9(11)12-8(4)7(3)10-5/h7-8,10H,1H2,2-5H3. The summed E-state index contributed by atoms with van der Waals surface area (Å²) in [5.41, 5.74) is 0.435. The zero-order chi connectivity index (χ0) is 9.72. The van der Waals surface area contributed by atoms with E-state index < -0.39 is 0 Å². The Labute approximate surface area is 73.8 Å². The van der Waals surface area contributed by atoms with Crippen LogP contribution in [-0.4, -0.2) is 25.2 Å². The lowest BCUT2D eigenvalue weighted by Crippen LogP contribution is -2.36. The highest BCUT2D eigenvalue weighted by atomic mass is 16.5. The Morgan fingerprint density at radius 3 is 2.33 bits per heavy atom. The number of hydrogen-bond donors (Lipinski definition) is 1. The van der Waals surface area contributed by atoms with Crippen molar-refractivity contribution < 1.29 is 9.53 Å². The molecule has 0 aliphatic heterocycles. The number of esters is 1. The average Bonchev–Trinajstić information content (AvgIpc) is 2.02. The number of carbonyl (C=O) groups excluding carboxylic acids is 1. The molecule has 70 valence electrons. The number of nitrogens with one attached hydrogen (secondary N) is 1. The second-order valence-corrected chi connectivity index (χ2v) is 2.97. The van der Waals surface area contributed by atoms with E-state index >= 15 is 0 Å². The summed E-state index contributed by atoms with van der Waals surface area (Å²) in [4.78, 5) is 11.0. The molecular weight excluding hydrogens is 154 g/mol. The quantitative estimate of drug-likeness (QED) is 0.508. The topological polar surface area (TPSA) is 38.3 Å². The van der Waals surface area contributed by atoms with Gasteiger partial charge in [0.2, 0.25) is 0 Å². The summed E-state index contributed by atoms with van der Waals surface area (Å²) in [5, 5.41) is 3.00. The molecule has 0 amide bonds. The van der Waals surface area contributed by atoms with Crippen LogP contribution in [0.25, 0.3) is 0 Å². The molecule has 0 rings (SSSR count). The third-order valence-corrected chi connectivity index (χ3v) is 1.80. The molecule has 0 aliphatic rings. The first-order chi connectivity index (χ1) is 5.49. The Kier molecular flexibility index (Phi) is 4.59. The maximum atomic E-state index is 11.0. The van der Waals surface area contributed by atoms with Gasteiger partial charge in [0.05, 0.1) is 0 Å². The molecular formula is C9H17NO2. The van der Waals surface area contributed by atoms with Crippen LogP contribution in [0.3, 0.4) is 0 Å². The SMILES string of the molecule is C=C(C)C(=O)OC(C)C(C)NC. The summed E-state index contributed by atoms with van der Waals surface area (Å²) < 4.78 is 5.06. The van der Waals surface area contributed by atoms with E-state index in [-0.39, 0.29) is 18.1 Å². The Morgan fingerprint density at radius 1 is 1.50 bits per heavy atom. The van der Waals surface area contributed by atoms with E-state index in [9.17, 15) is 4.79 Å². The maximum Gasteiger partial charge on any atom is 0.333 e. The second-order valence-electron chi connectivity index (χ2n) is 2.97. The first-order valence-electron chi connectivity index (χ1n) is 4.02. The van der Waals surface area contributed by atoms with Gasteiger partial charge >= 0.3 is 5.97 Å². The van der Waals surface area contributed by atoms with Gasteiger partial charge in [-0.1, -0.05) is 6.58 Å². The number of rotatable bonds is 4. The molecule has 0 spiro atoms. The molecule has 0 fully saturated rings. The Hall–Kier alpha value is -0.830. The minimum Gasteiger partial charge on any atom is -0.458 e. The largest absolute Gasteiger partial charge is 0.458 e. The predicted octanol–water partition coefficient (Wildman–Crippen LogP) is 1.10. The molecule has 0 radical (unpaired) electrons. The summed E-state index contributed by atoms with van der Waals surface area (Å²) in [7, 11) is 1.83. The summed E-state index contributed by atoms with van der Waals surface area (Å²) in [6.07, 6.45) is -0.126. The third kappa shape index (κ3) is 3.53. The van der Waals surface area contributed by atoms with E-state index in [1.807, 2.05) is 20.9 Å². The Balaban J connectivity index is 3.92. The van der Waals surface area contributed by atoms with Gasteiger partial charge in [-0.2, -0.15) is 0 Å². The van der Waals surface area contributed by atoms with Crippen molar-refractivity contribution in [3.05, 3.63) is 12.2 Å². The number of ether oxygens (including phenoxy) is 1. The molecule has 0 aromatic rings. The summed E-state index contributed by atoms with van der Waals surface area (Å²) in [6.45, 7) is 8.94. The molecule has 0 aromatic carbocycles. The van der Waals surface area contributed by atoms with E-state index in [2.05, 4.69) is 11.9 Å². The maximum absolute atomic E-state index is 11.0. The lowest BCUT2D eigenvalue weighted by Gasteiger charge is -2.19. The third-order valence-electron chi connectivity index (χ3n) is 1.80. The van der Waals surface area contributed by atoms with E-state index in [1.54, 1.807) is 6.92 Å². The van der Waals surface area contributed by atoms with Gasteiger partial charge in [0.15, 0.2) is 0 Å². The van der Waals surface area contributed by atoms with Gasteiger partial charge in [-0.05, 0) is 27.8 Å². The Bertz CT molecular complexity index is 177. The zero-order valence-corrected chi connectivity index (χ0v) is 8.18. The van der Waals surface area contributed by atoms with Gasteiger partial charge in [-0.15, -0.1) is 0 Å². The van der Waals surface area contributed by atoms with Crippen molar-refractivity contribution in [2.45, 2.75) is 32.9 Å². The van der Waals surface area contributed by atoms with Crippen molar-refractivity contribution in [2.24, 2.45) is 0 Å². The van der Waals surface area contributed by atoms with Crippen molar-refractivity contribution in [1.29, 1.82) is 0 Å². The molecule has 3 heteroatoms. The van der Waals surface area contributed by atoms with Crippen LogP contribution in [-0.2, 0) is 9.53 Å². The summed E-state index contributed by atoms with van der Waals surface area (Å²) in [5.74, 6) is -0.329. The lowest BCUT2D eigenvalue weighted by atomic mass is 10.2. The van der Waals surface area contributed by atoms with Crippen molar-refractivity contribution >= 4 is 5.97 Å². The van der Waals surface area contributed by atoms with Crippen LogP contribution in [0.15, 0.2) is 12.2 Å². The van der Waals surface area contributed by atoms with E-state index in [0.717, 1.165) is 0 Å². The van der Waals surface area contributed by atoms with Crippen LogP contribution in [0.2, 0.25) is 0 Å². The highest BCUT2D eigenvalue weighted by Crippen LogP contribution is 2.01. The first kappa shape index (κ1) is 11.2. The highest BCUT2D eigenvalue weighted by molar-refractivity contribution is 5.87. The molecule has 2 atom stereocenters. The smallest absolute Gasteiger partial charge is 0.333 e. The number of carbonyl (C=O) groups is 1. The van der Waals surface area contributed by atoms with Crippen LogP contribution in [0.4, 0.5) is 0 Å². The highest BCUT2D eigenvalue weighted by Gasteiger charge is 2.14. The van der Waals surface area contributed by atoms with Crippen molar-refractivity contribution in [2.75, 3.05) is 7.05 Å². The molecule has 0 bridgehead atoms. The van der Waals surface area contributed by atoms with Crippen LogP contribution in [0.5, 0.6) is 0 Å². The fourth-order valence-corrected chi connectivity index (χ4v) is 0.606. The predicted molar refractivity (Wildman–Crippen MR) is 48.9 cm³/mol. The van der Waals surface area contributed by atoms with Gasteiger partial charge in [0.25, 0.3) is 0 Å². The minimum atomic E-state index is -0.329. The van der Waals surface area contributed by atoms with E-state index in [1.165, 1.54) is 0 Å². The van der Waals surface area contributed by atoms with Crippen molar-refractivity contribution in [3.8, 4) is 0 Å². The van der Waals surface area contributed by atoms with Gasteiger partial charge in [0, 0.05) is 11.6 Å². The molecule has 1 N–H and O–H groups in total. The lowest BCUT2D eigenvalue weighted by molar-refractivity contribution is -0.144. The van der Waals surface area contributed by atoms with Crippen molar-refractivity contribution in [1.82, 2.24) is 5.32 Å². The van der Waals surface area contributed by atoms with Crippen LogP contribution >= 0.6 is 0 Å². The van der Waals surface area contributed by atoms with Crippen LogP contribution in [0, 0.1) is 0 Å². The van der Waals surface area contributed by atoms with Crippen LogP contribution in [0.1, 0.15) is 20.8 Å². The van der Waals surface area contributed by atoms with Crippen LogP contribution < -0.4 is 5.32 Å². The summed E-state index contributed by atoms with van der Waals surface area (Å²) >= 11 is 0. The molecule has 0 heterocycles. The van der Waals surface area contributed by atoms with E-state index in [0.29, 0.717) is 5.57 Å². The molecule has 0 saturated carbocycles. The van der Waals surface area contributed by atoms with E-state index in [4.69, 9.17) is 4.74 Å². The monoisotopic (exact) mass is 171 g/mol. The molecule has 0 saturated heterocycles. The van der Waals surface area contributed by atoms with Gasteiger partial charge in [-0.3, -0.25) is 0 Å². The average molecular weight is 171 g/mol. The molecule has 3 nitrogen and oxygen atoms in total. The first-order valence-corrected chi connectivity index (χ1v) is 4.02. The van der Waals surface area contributed by atoms with Gasteiger partial charge in [-0.25, -0.2) is 4.79 Å². The Morgan fingerprint density at radius 2 is 2.00 bits per heavy atom. The molecule has 2 unspecified atom stereocenters. The van der Waals surface area contributed by atoms with Gasteiger partial charge in [0.1, 0.15) is 6.10 Å². The molecule has 0 aliphatic carbocycles. The number of likely N-dealkylation sites (N-methyl/N-ethyl adjacent to an activating group) is 1. The van der Waals surface area contributed by atoms with Gasteiger partial charge < -0.3 is 10.1 Å². The fraction of sp³-hybridized carbons (Fsp3) is 0.667. The van der Waals surface area contributed by atoms with Crippen molar-refractivity contribution in [3.63, 3.8) is 0 Å². The summed E-state index contributed by atoms with van der Waals surface area (Å²) in [6, 6.07) is 0.160. The number of hydrogen-bond acceptors (Lipinski definition) is 3. The zero-order valence-electron chi connectivity index (χ0n) is 8.18. The molecule has 0 aromatic heterocycles. The fourth-order valence-electron chi connectivity index (χ4n) is 0.606. The normalized spacial score (nSPS) is 15.0.